The zero-order valence-electron chi connectivity index (χ0n) is 42.2. The Bertz CT molecular complexity index is 3440. The molecule has 342 valence electrons. The van der Waals surface area contributed by atoms with Gasteiger partial charge in [0, 0.05) is 11.3 Å². The third kappa shape index (κ3) is 7.23. The lowest BCUT2D eigenvalue weighted by Crippen LogP contribution is -2.20. The molecule has 4 unspecified atom stereocenters. The molecule has 0 nitrogen and oxygen atoms in total. The van der Waals surface area contributed by atoms with E-state index in [4.69, 9.17) is 0 Å². The van der Waals surface area contributed by atoms with Crippen molar-refractivity contribution in [1.29, 1.82) is 0 Å². The van der Waals surface area contributed by atoms with Crippen LogP contribution < -0.4 is 0 Å². The van der Waals surface area contributed by atoms with Gasteiger partial charge >= 0.3 is 0 Å². The molecule has 4 atom stereocenters. The summed E-state index contributed by atoms with van der Waals surface area (Å²) in [5.41, 5.74) is 16.4. The maximum absolute atomic E-state index is 2.52. The molecule has 9 aromatic carbocycles. The van der Waals surface area contributed by atoms with Crippen molar-refractivity contribution < 1.29 is 0 Å². The van der Waals surface area contributed by atoms with Gasteiger partial charge < -0.3 is 0 Å². The van der Waals surface area contributed by atoms with Crippen molar-refractivity contribution in [2.75, 3.05) is 0 Å². The highest BCUT2D eigenvalue weighted by atomic mass is 14.4. The van der Waals surface area contributed by atoms with Gasteiger partial charge in [-0.3, -0.25) is 0 Å². The fourth-order valence-corrected chi connectivity index (χ4v) is 13.9. The molecule has 2 aliphatic rings. The van der Waals surface area contributed by atoms with E-state index in [9.17, 15) is 0 Å². The quantitative estimate of drug-likeness (QED) is 0.0897. The summed E-state index contributed by atoms with van der Waals surface area (Å²) in [7, 11) is 0. The van der Waals surface area contributed by atoms with Crippen LogP contribution in [0, 0.1) is 24.7 Å². The fraction of sp³-hybridized carbons (Fsp3) is 0.324. The summed E-state index contributed by atoms with van der Waals surface area (Å²) >= 11 is 0. The maximum atomic E-state index is 2.52. The van der Waals surface area contributed by atoms with Crippen molar-refractivity contribution in [3.63, 3.8) is 0 Å². The van der Waals surface area contributed by atoms with Crippen LogP contribution in [-0.4, -0.2) is 0 Å². The van der Waals surface area contributed by atoms with Gasteiger partial charge in [-0.05, 0) is 184 Å². The molecular formula is C68H70. The highest BCUT2D eigenvalue weighted by Crippen LogP contribution is 2.52. The monoisotopic (exact) mass is 887 g/mol. The molecule has 0 heterocycles. The molecular weight excluding hydrogens is 817 g/mol. The van der Waals surface area contributed by atoms with Crippen LogP contribution in [0.2, 0.25) is 0 Å². The van der Waals surface area contributed by atoms with Gasteiger partial charge in [0.25, 0.3) is 0 Å². The first-order valence-corrected chi connectivity index (χ1v) is 26.4. The van der Waals surface area contributed by atoms with Crippen LogP contribution >= 0.6 is 0 Å². The van der Waals surface area contributed by atoms with E-state index >= 15 is 0 Å². The molecule has 0 saturated carbocycles. The van der Waals surface area contributed by atoms with Crippen molar-refractivity contribution in [3.05, 3.63) is 179 Å². The Labute approximate surface area is 406 Å². The molecule has 0 amide bonds. The lowest BCUT2D eigenvalue weighted by Gasteiger charge is -2.32. The van der Waals surface area contributed by atoms with E-state index < -0.39 is 0 Å². The summed E-state index contributed by atoms with van der Waals surface area (Å²) in [4.78, 5) is 0. The second kappa shape index (κ2) is 17.5. The average Bonchev–Trinajstić information content (AvgIpc) is 3.58. The Morgan fingerprint density at radius 3 is 1.79 bits per heavy atom. The fourth-order valence-electron chi connectivity index (χ4n) is 13.9. The van der Waals surface area contributed by atoms with Gasteiger partial charge in [-0.2, -0.15) is 0 Å². The van der Waals surface area contributed by atoms with Gasteiger partial charge in [-0.25, -0.2) is 0 Å². The van der Waals surface area contributed by atoms with Crippen molar-refractivity contribution in [2.45, 2.75) is 125 Å². The third-order valence-electron chi connectivity index (χ3n) is 17.5. The highest BCUT2D eigenvalue weighted by Gasteiger charge is 2.36. The minimum absolute atomic E-state index is 0.166. The second-order valence-corrected chi connectivity index (χ2v) is 21.6. The molecule has 0 spiro atoms. The van der Waals surface area contributed by atoms with E-state index in [0.717, 1.165) is 18.8 Å². The van der Waals surface area contributed by atoms with Crippen LogP contribution in [0.3, 0.4) is 0 Å². The van der Waals surface area contributed by atoms with Crippen molar-refractivity contribution in [1.82, 2.24) is 0 Å². The molecule has 2 bridgehead atoms. The van der Waals surface area contributed by atoms with E-state index in [1.807, 2.05) is 0 Å². The summed E-state index contributed by atoms with van der Waals surface area (Å²) in [5, 5.41) is 13.4. The zero-order chi connectivity index (χ0) is 47.0. The molecule has 2 aliphatic carbocycles. The smallest absolute Gasteiger partial charge is 0.0159 e. The highest BCUT2D eigenvalue weighted by molar-refractivity contribution is 6.25. The number of hydrogen-bond donors (Lipinski definition) is 0. The molecule has 0 aliphatic heterocycles. The van der Waals surface area contributed by atoms with Gasteiger partial charge in [0.05, 0.1) is 0 Å². The summed E-state index contributed by atoms with van der Waals surface area (Å²) < 4.78 is 0. The first-order valence-electron chi connectivity index (χ1n) is 26.4. The van der Waals surface area contributed by atoms with Crippen molar-refractivity contribution in [3.8, 4) is 33.4 Å². The van der Waals surface area contributed by atoms with Crippen LogP contribution in [0.4, 0.5) is 0 Å². The lowest BCUT2D eigenvalue weighted by molar-refractivity contribution is 0.251. The van der Waals surface area contributed by atoms with E-state index in [1.165, 1.54) is 147 Å². The number of rotatable bonds is 11. The van der Waals surface area contributed by atoms with Crippen LogP contribution in [0.15, 0.2) is 151 Å². The Morgan fingerprint density at radius 2 is 1.13 bits per heavy atom. The minimum atomic E-state index is -0.166. The standard InChI is InChI=1S/C68H70/c1-10-44(11-2)54(13-4)55(14-5)52-34-41(6)18-28-58-56(29-23-46-20-19-43(35-52)36-62(46)58)48-25-31-59-60-32-26-49(40-64(60)68(8,9)63(59)39-48)57-30-24-47-21-22-50-37-53(65-42(7)16-15-17-45(65)12-3)38-51-27-33-61(57)67(47)66(50)51/h17-40,42,44,54-55,65H,10-16H2,1-9H3. The van der Waals surface area contributed by atoms with Gasteiger partial charge in [0.15, 0.2) is 0 Å². The summed E-state index contributed by atoms with van der Waals surface area (Å²) in [6.07, 6.45) is 11.0. The van der Waals surface area contributed by atoms with Crippen LogP contribution in [0.5, 0.6) is 0 Å². The third-order valence-corrected chi connectivity index (χ3v) is 17.5. The largest absolute Gasteiger partial charge is 0.0847 e. The van der Waals surface area contributed by atoms with Crippen molar-refractivity contribution >= 4 is 53.9 Å². The molecule has 0 fully saturated rings. The molecule has 0 saturated heterocycles. The molecule has 0 heteroatoms. The number of allylic oxidation sites excluding steroid dienone is 2. The zero-order valence-corrected chi connectivity index (χ0v) is 42.2. The Hall–Kier alpha value is -5.98. The topological polar surface area (TPSA) is 0 Å². The Morgan fingerprint density at radius 1 is 0.529 bits per heavy atom. The van der Waals surface area contributed by atoms with E-state index in [-0.39, 0.29) is 5.41 Å². The lowest BCUT2D eigenvalue weighted by atomic mass is 9.73. The van der Waals surface area contributed by atoms with Gasteiger partial charge in [0.2, 0.25) is 0 Å². The van der Waals surface area contributed by atoms with Gasteiger partial charge in [-0.1, -0.05) is 213 Å². The number of hydrogen-bond acceptors (Lipinski definition) is 0. The molecule has 9 aromatic rings. The normalized spacial score (nSPS) is 17.6. The van der Waals surface area contributed by atoms with Crippen LogP contribution in [0.25, 0.3) is 87.2 Å². The number of fused-ring (bicyclic) bond motifs is 4. The Balaban J connectivity index is 0.975. The van der Waals surface area contributed by atoms with E-state index in [0.29, 0.717) is 23.7 Å². The number of benzene rings is 8. The summed E-state index contributed by atoms with van der Waals surface area (Å²) in [6, 6.07) is 55.5. The molecule has 0 aromatic heterocycles. The van der Waals surface area contributed by atoms with E-state index in [2.05, 4.69) is 208 Å². The average molecular weight is 887 g/mol. The first-order chi connectivity index (χ1) is 33.0. The second-order valence-electron chi connectivity index (χ2n) is 21.6. The van der Waals surface area contributed by atoms with Crippen LogP contribution in [-0.2, 0) is 5.41 Å². The van der Waals surface area contributed by atoms with Gasteiger partial charge in [0.1, 0.15) is 0 Å². The predicted molar refractivity (Wildman–Crippen MR) is 298 cm³/mol. The number of aryl methyl sites for hydroxylation is 1. The SMILES string of the molecule is CCC1=CCCC(C)C1c1cc2ccc3ccc(-c4ccc5c(c4)C(C)(C)c4cc(-c6ccc7ccc8cc(C(CC)C(CC)C(CC)CC)cc(C)ccc6c7c8)ccc4-5)c4ccc(c1)c2c34. The molecule has 0 radical (unpaired) electrons. The summed E-state index contributed by atoms with van der Waals surface area (Å²) in [6.45, 7) is 21.5. The van der Waals surface area contributed by atoms with Crippen molar-refractivity contribution in [2.24, 2.45) is 17.8 Å². The maximum Gasteiger partial charge on any atom is 0.0159 e. The molecule has 0 N–H and O–H groups in total. The van der Waals surface area contributed by atoms with Gasteiger partial charge in [-0.15, -0.1) is 0 Å². The molecule has 68 heavy (non-hydrogen) atoms. The summed E-state index contributed by atoms with van der Waals surface area (Å²) in [5.74, 6) is 3.15. The predicted octanol–water partition coefficient (Wildman–Crippen LogP) is 20.2. The molecule has 11 rings (SSSR count). The Kier molecular flexibility index (Phi) is 11.5. The van der Waals surface area contributed by atoms with Crippen LogP contribution in [0.1, 0.15) is 140 Å². The first kappa shape index (κ1) is 44.5. The van der Waals surface area contributed by atoms with E-state index in [1.54, 1.807) is 5.57 Å². The minimum Gasteiger partial charge on any atom is -0.0847 e.